The number of hydrogen-bond donors (Lipinski definition) is 1. The van der Waals surface area contributed by atoms with Crippen molar-refractivity contribution >= 4 is 12.6 Å². The molecule has 0 spiro atoms. The Labute approximate surface area is 99.8 Å². The summed E-state index contributed by atoms with van der Waals surface area (Å²) < 4.78 is 6.42. The number of rotatable bonds is 7. The molecule has 1 atom stereocenters. The summed E-state index contributed by atoms with van der Waals surface area (Å²) in [5.74, 6) is 0.624. The van der Waals surface area contributed by atoms with E-state index in [2.05, 4.69) is 28.2 Å². The van der Waals surface area contributed by atoms with E-state index in [0.717, 1.165) is 6.54 Å². The summed E-state index contributed by atoms with van der Waals surface area (Å²) in [6, 6.07) is 0. The standard InChI is InChI=1S/C8H16N5O2S/c1-12(2)3-4-13-8(9-10-11-13)7(16)5-15-6-14/h7,16H,3-6H2,1-2H3. The summed E-state index contributed by atoms with van der Waals surface area (Å²) in [7, 11) is 3.95. The van der Waals surface area contributed by atoms with Gasteiger partial charge in [-0.3, -0.25) is 0 Å². The normalized spacial score (nSPS) is 13.3. The first-order valence-corrected chi connectivity index (χ1v) is 5.41. The fourth-order valence-electron chi connectivity index (χ4n) is 1.14. The van der Waals surface area contributed by atoms with Gasteiger partial charge in [0, 0.05) is 6.54 Å². The second kappa shape index (κ2) is 6.79. The fraction of sp³-hybridized carbons (Fsp3) is 0.875. The van der Waals surface area contributed by atoms with Crippen molar-refractivity contribution in [2.75, 3.05) is 34.0 Å². The molecule has 0 amide bonds. The number of aromatic nitrogens is 4. The molecule has 91 valence electrons. The first-order valence-electron chi connectivity index (χ1n) is 4.90. The van der Waals surface area contributed by atoms with Crippen LogP contribution < -0.4 is 0 Å². The summed E-state index contributed by atoms with van der Waals surface area (Å²) >= 11 is 4.29. The van der Waals surface area contributed by atoms with E-state index in [-0.39, 0.29) is 11.9 Å². The zero-order valence-corrected chi connectivity index (χ0v) is 10.3. The molecule has 0 saturated carbocycles. The van der Waals surface area contributed by atoms with Crippen molar-refractivity contribution in [3.05, 3.63) is 5.82 Å². The summed E-state index contributed by atoms with van der Waals surface area (Å²) in [4.78, 5) is 2.03. The molecule has 16 heavy (non-hydrogen) atoms. The van der Waals surface area contributed by atoms with E-state index in [9.17, 15) is 5.11 Å². The third-order valence-electron chi connectivity index (χ3n) is 1.98. The Bertz CT molecular complexity index is 306. The highest BCUT2D eigenvalue weighted by Crippen LogP contribution is 2.16. The van der Waals surface area contributed by atoms with Gasteiger partial charge in [-0.1, -0.05) is 0 Å². The molecule has 0 aromatic carbocycles. The maximum absolute atomic E-state index is 10.2. The minimum atomic E-state index is -0.573. The summed E-state index contributed by atoms with van der Waals surface area (Å²) in [6.45, 7) is 1.16. The third-order valence-corrected chi connectivity index (χ3v) is 2.36. The second-order valence-corrected chi connectivity index (χ2v) is 4.19. The molecule has 0 bridgehead atoms. The molecule has 1 rings (SSSR count). The summed E-state index contributed by atoms with van der Waals surface area (Å²) in [5, 5.41) is 21.2. The molecule has 0 N–H and O–H groups in total. The van der Waals surface area contributed by atoms with Crippen LogP contribution in [0.15, 0.2) is 0 Å². The van der Waals surface area contributed by atoms with E-state index in [1.54, 1.807) is 4.68 Å². The van der Waals surface area contributed by atoms with Gasteiger partial charge in [0.05, 0.1) is 18.4 Å². The minimum absolute atomic E-state index is 0.217. The topological polar surface area (TPSA) is 76.0 Å². The molecule has 1 heterocycles. The quantitative estimate of drug-likeness (QED) is 0.524. The number of likely N-dealkylation sites (N-methyl/N-ethyl adjacent to an activating group) is 1. The second-order valence-electron chi connectivity index (χ2n) is 3.57. The van der Waals surface area contributed by atoms with Gasteiger partial charge in [-0.25, -0.2) is 9.79 Å². The Balaban J connectivity index is 2.55. The number of hydrogen-bond acceptors (Lipinski definition) is 6. The molecule has 1 radical (unpaired) electrons. The Morgan fingerprint density at radius 1 is 1.56 bits per heavy atom. The van der Waals surface area contributed by atoms with Crippen LogP contribution in [0, 0.1) is 0 Å². The van der Waals surface area contributed by atoms with Gasteiger partial charge in [-0.05, 0) is 24.5 Å². The van der Waals surface area contributed by atoms with E-state index in [1.807, 2.05) is 19.0 Å². The van der Waals surface area contributed by atoms with Gasteiger partial charge in [-0.2, -0.15) is 12.6 Å². The molecule has 1 unspecified atom stereocenters. The Morgan fingerprint density at radius 3 is 2.94 bits per heavy atom. The predicted molar refractivity (Wildman–Crippen MR) is 59.6 cm³/mol. The van der Waals surface area contributed by atoms with Crippen molar-refractivity contribution < 1.29 is 9.84 Å². The molecule has 0 aliphatic carbocycles. The van der Waals surface area contributed by atoms with Crippen LogP contribution in [-0.2, 0) is 16.4 Å². The monoisotopic (exact) mass is 246 g/mol. The maximum atomic E-state index is 10.2. The van der Waals surface area contributed by atoms with Crippen LogP contribution in [0.3, 0.4) is 0 Å². The Kier molecular flexibility index (Phi) is 5.67. The van der Waals surface area contributed by atoms with Crippen LogP contribution in [0.2, 0.25) is 0 Å². The van der Waals surface area contributed by atoms with Crippen molar-refractivity contribution in [2.45, 2.75) is 11.8 Å². The number of ether oxygens (including phenoxy) is 1. The predicted octanol–water partition coefficient (Wildman–Crippen LogP) is -0.390. The zero-order chi connectivity index (χ0) is 12.0. The molecular formula is C8H16N5O2S. The van der Waals surface area contributed by atoms with Crippen molar-refractivity contribution in [1.82, 2.24) is 25.1 Å². The van der Waals surface area contributed by atoms with Crippen LogP contribution in [-0.4, -0.2) is 59.1 Å². The summed E-state index contributed by atoms with van der Waals surface area (Å²) in [6.07, 6.45) is 0. The van der Waals surface area contributed by atoms with E-state index < -0.39 is 6.79 Å². The van der Waals surface area contributed by atoms with Gasteiger partial charge in [0.1, 0.15) is 0 Å². The van der Waals surface area contributed by atoms with Crippen molar-refractivity contribution in [1.29, 1.82) is 0 Å². The Hall–Kier alpha value is -0.700. The molecular weight excluding hydrogens is 230 g/mol. The molecule has 0 aliphatic rings. The van der Waals surface area contributed by atoms with Crippen molar-refractivity contribution in [3.8, 4) is 0 Å². The molecule has 1 aromatic heterocycles. The lowest BCUT2D eigenvalue weighted by atomic mass is 10.4. The molecule has 8 heteroatoms. The van der Waals surface area contributed by atoms with Gasteiger partial charge < -0.3 is 9.64 Å². The number of tetrazole rings is 1. The van der Waals surface area contributed by atoms with Crippen molar-refractivity contribution in [3.63, 3.8) is 0 Å². The molecule has 0 fully saturated rings. The maximum Gasteiger partial charge on any atom is 0.180 e. The highest BCUT2D eigenvalue weighted by molar-refractivity contribution is 7.80. The highest BCUT2D eigenvalue weighted by atomic mass is 32.1. The van der Waals surface area contributed by atoms with Gasteiger partial charge in [0.15, 0.2) is 12.6 Å². The third kappa shape index (κ3) is 4.05. The fourth-order valence-corrected chi connectivity index (χ4v) is 1.43. The lowest BCUT2D eigenvalue weighted by Gasteiger charge is -2.12. The SMILES string of the molecule is CN(C)CCn1nnnc1C(S)COC[O]. The van der Waals surface area contributed by atoms with E-state index in [4.69, 9.17) is 4.74 Å². The van der Waals surface area contributed by atoms with Gasteiger partial charge in [0.25, 0.3) is 0 Å². The molecule has 1 aromatic rings. The van der Waals surface area contributed by atoms with Crippen molar-refractivity contribution in [2.24, 2.45) is 0 Å². The highest BCUT2D eigenvalue weighted by Gasteiger charge is 2.15. The lowest BCUT2D eigenvalue weighted by molar-refractivity contribution is -0.0434. The first-order chi connectivity index (χ1) is 7.65. The minimum Gasteiger partial charge on any atom is -0.351 e. The molecule has 0 aliphatic heterocycles. The molecule has 0 saturated heterocycles. The largest absolute Gasteiger partial charge is 0.351 e. The van der Waals surface area contributed by atoms with Crippen LogP contribution in [0.25, 0.3) is 0 Å². The van der Waals surface area contributed by atoms with Gasteiger partial charge >= 0.3 is 0 Å². The molecule has 7 nitrogen and oxygen atoms in total. The summed E-state index contributed by atoms with van der Waals surface area (Å²) in [5.41, 5.74) is 0. The first kappa shape index (κ1) is 13.4. The lowest BCUT2D eigenvalue weighted by Crippen LogP contribution is -2.21. The zero-order valence-electron chi connectivity index (χ0n) is 9.41. The van der Waals surface area contributed by atoms with E-state index >= 15 is 0 Å². The number of thiol groups is 1. The van der Waals surface area contributed by atoms with Crippen LogP contribution in [0.5, 0.6) is 0 Å². The average Bonchev–Trinajstić information content (AvgIpc) is 2.71. The number of nitrogens with zero attached hydrogens (tertiary/aromatic N) is 5. The van der Waals surface area contributed by atoms with E-state index in [1.165, 1.54) is 0 Å². The van der Waals surface area contributed by atoms with Crippen LogP contribution in [0.1, 0.15) is 11.1 Å². The average molecular weight is 246 g/mol. The van der Waals surface area contributed by atoms with Gasteiger partial charge in [-0.15, -0.1) is 5.10 Å². The Morgan fingerprint density at radius 2 is 2.31 bits per heavy atom. The van der Waals surface area contributed by atoms with E-state index in [0.29, 0.717) is 12.4 Å². The van der Waals surface area contributed by atoms with Crippen LogP contribution >= 0.6 is 12.6 Å². The smallest absolute Gasteiger partial charge is 0.180 e. The van der Waals surface area contributed by atoms with Crippen LogP contribution in [0.4, 0.5) is 0 Å². The van der Waals surface area contributed by atoms with Gasteiger partial charge in [0.2, 0.25) is 0 Å².